The van der Waals surface area contributed by atoms with Gasteiger partial charge in [0.2, 0.25) is 11.8 Å². The quantitative estimate of drug-likeness (QED) is 0.0330. The van der Waals surface area contributed by atoms with E-state index >= 15 is 0 Å². The van der Waals surface area contributed by atoms with Crippen LogP contribution in [0.2, 0.25) is 20.1 Å². The highest BCUT2D eigenvalue weighted by atomic mass is 35.5. The molecule has 25 heteroatoms. The molecule has 0 aromatic heterocycles. The predicted octanol–water partition coefficient (Wildman–Crippen LogP) is 4.99. The van der Waals surface area contributed by atoms with Crippen molar-refractivity contribution in [3.63, 3.8) is 0 Å². The molecule has 5 amide bonds. The topological polar surface area (TPSA) is 262 Å². The normalized spacial score (nSPS) is 12.5. The minimum atomic E-state index is -1.33. The maximum Gasteiger partial charge on any atom is 0.326 e. The van der Waals surface area contributed by atoms with E-state index in [4.69, 9.17) is 89.0 Å². The number of benzene rings is 3. The van der Waals surface area contributed by atoms with Crippen molar-refractivity contribution in [3.05, 3.63) is 109 Å². The summed E-state index contributed by atoms with van der Waals surface area (Å²) in [6, 6.07) is 13.0. The molecule has 1 heterocycles. The van der Waals surface area contributed by atoms with Crippen LogP contribution in [0.3, 0.4) is 0 Å². The number of rotatable bonds is 43. The molecular weight excluding hydrogens is 1110 g/mol. The number of carbonyl (C=O) groups excluding carboxylic acids is 6. The molecule has 78 heavy (non-hydrogen) atoms. The van der Waals surface area contributed by atoms with Gasteiger partial charge >= 0.3 is 5.97 Å². The smallest absolute Gasteiger partial charge is 0.326 e. The van der Waals surface area contributed by atoms with Gasteiger partial charge in [0.25, 0.3) is 17.7 Å². The average Bonchev–Trinajstić information content (AvgIpc) is 3.72. The third-order valence-electron chi connectivity index (χ3n) is 10.9. The molecule has 0 saturated heterocycles. The van der Waals surface area contributed by atoms with Crippen molar-refractivity contribution in [2.75, 3.05) is 132 Å². The highest BCUT2D eigenvalue weighted by molar-refractivity contribution is 6.40. The van der Waals surface area contributed by atoms with Gasteiger partial charge in [0.15, 0.2) is 5.78 Å². The second-order valence-corrected chi connectivity index (χ2v) is 18.4. The molecule has 4 rings (SSSR count). The van der Waals surface area contributed by atoms with Gasteiger partial charge in [-0.1, -0.05) is 76.7 Å². The number of hydrogen-bond acceptors (Lipinski definition) is 16. The van der Waals surface area contributed by atoms with Gasteiger partial charge in [-0.25, -0.2) is 4.79 Å². The van der Waals surface area contributed by atoms with Crippen LogP contribution in [0.4, 0.5) is 0 Å². The summed E-state index contributed by atoms with van der Waals surface area (Å²) in [7, 11) is 0. The van der Waals surface area contributed by atoms with Crippen molar-refractivity contribution in [3.8, 4) is 5.75 Å². The minimum absolute atomic E-state index is 0.0265. The number of imide groups is 1. The fourth-order valence-corrected chi connectivity index (χ4v) is 8.19. The molecule has 0 spiro atoms. The van der Waals surface area contributed by atoms with Crippen molar-refractivity contribution in [2.24, 2.45) is 0 Å². The van der Waals surface area contributed by atoms with Gasteiger partial charge in [-0.05, 0) is 41.8 Å². The third-order valence-corrected chi connectivity index (χ3v) is 12.2. The number of nitrogens with one attached hydrogen (secondary N) is 3. The Kier molecular flexibility index (Phi) is 32.1. The van der Waals surface area contributed by atoms with E-state index in [0.29, 0.717) is 130 Å². The summed E-state index contributed by atoms with van der Waals surface area (Å²) >= 11 is 25.2. The molecule has 3 aromatic carbocycles. The number of amides is 5. The zero-order valence-electron chi connectivity index (χ0n) is 43.0. The molecule has 21 nitrogen and oxygen atoms in total. The minimum Gasteiger partial charge on any atom is -0.493 e. The number of Topliss-reactive ketones (excluding diaryl/α,β-unsaturated/α-hetero) is 1. The summed E-state index contributed by atoms with van der Waals surface area (Å²) < 4.78 is 49.5. The van der Waals surface area contributed by atoms with E-state index in [2.05, 4.69) is 16.0 Å². The fourth-order valence-electron chi connectivity index (χ4n) is 6.95. The second-order valence-electron chi connectivity index (χ2n) is 16.8. The van der Waals surface area contributed by atoms with Gasteiger partial charge in [0.1, 0.15) is 11.8 Å². The number of ketones is 1. The Hall–Kier alpha value is -5.27. The summed E-state index contributed by atoms with van der Waals surface area (Å²) in [5, 5.41) is 18.2. The van der Waals surface area contributed by atoms with Crippen molar-refractivity contribution in [1.29, 1.82) is 0 Å². The maximum absolute atomic E-state index is 13.2. The molecule has 428 valence electrons. The number of hydrogen-bond donors (Lipinski definition) is 4. The highest BCUT2D eigenvalue weighted by Gasteiger charge is 2.26. The number of carbonyl (C=O) groups is 7. The Morgan fingerprint density at radius 2 is 0.974 bits per heavy atom. The number of carboxylic acid groups (broad SMARTS) is 1. The molecule has 0 aliphatic carbocycles. The van der Waals surface area contributed by atoms with Gasteiger partial charge in [0, 0.05) is 57.5 Å². The number of halogens is 4. The third kappa shape index (κ3) is 26.1. The summed E-state index contributed by atoms with van der Waals surface area (Å²) in [6.07, 6.45) is 2.97. The molecule has 4 N–H and O–H groups in total. The predicted molar refractivity (Wildman–Crippen MR) is 288 cm³/mol. The second kappa shape index (κ2) is 38.4. The molecular formula is C53H66Cl4N4O17. The van der Waals surface area contributed by atoms with Crippen LogP contribution in [0.1, 0.15) is 51.1 Å². The molecule has 1 aliphatic rings. The number of ether oxygens (including phenoxy) is 9. The van der Waals surface area contributed by atoms with Crippen LogP contribution in [0.5, 0.6) is 5.75 Å². The first-order chi connectivity index (χ1) is 37.7. The lowest BCUT2D eigenvalue weighted by molar-refractivity contribution is -0.139. The Morgan fingerprint density at radius 3 is 1.47 bits per heavy atom. The molecule has 0 fully saturated rings. The summed E-state index contributed by atoms with van der Waals surface area (Å²) in [4.78, 5) is 86.3. The Morgan fingerprint density at radius 1 is 0.526 bits per heavy atom. The van der Waals surface area contributed by atoms with E-state index in [1.54, 1.807) is 42.5 Å². The van der Waals surface area contributed by atoms with Crippen LogP contribution in [0.25, 0.3) is 0 Å². The summed E-state index contributed by atoms with van der Waals surface area (Å²) in [6.45, 7) is 6.86. The van der Waals surface area contributed by atoms with Crippen molar-refractivity contribution >= 4 is 87.7 Å². The van der Waals surface area contributed by atoms with Crippen molar-refractivity contribution in [2.45, 2.75) is 38.1 Å². The van der Waals surface area contributed by atoms with Gasteiger partial charge < -0.3 is 63.7 Å². The van der Waals surface area contributed by atoms with Gasteiger partial charge in [0.05, 0.1) is 144 Å². The van der Waals surface area contributed by atoms with Crippen LogP contribution in [0, 0.1) is 0 Å². The Balaban J connectivity index is 0.890. The van der Waals surface area contributed by atoms with E-state index in [-0.39, 0.29) is 100 Å². The Labute approximate surface area is 472 Å². The van der Waals surface area contributed by atoms with E-state index in [1.807, 2.05) is 0 Å². The fraction of sp³-hybridized carbons (Fsp3) is 0.491. The molecule has 0 unspecified atom stereocenters. The van der Waals surface area contributed by atoms with Crippen LogP contribution < -0.4 is 20.7 Å². The largest absolute Gasteiger partial charge is 0.493 e. The maximum atomic E-state index is 13.2. The SMILES string of the molecule is O=C(CCOCCOCCOCCOCCOCCOCCOCCOCCNC(=O)CCN1C(=O)C=CC1=O)NCCCOc1cc(Cl)c(C(=O)N[C@@H](Cc2ccc(CC(=O)c3c(Cl)cccc3Cl)cc2)C(=O)O)c(Cl)c1. The van der Waals surface area contributed by atoms with Crippen LogP contribution >= 0.6 is 46.4 Å². The zero-order chi connectivity index (χ0) is 56.3. The first-order valence-corrected chi connectivity index (χ1v) is 26.6. The standard InChI is InChI=1S/C53H66Cl4N4O17/c54-40-3-1-4-41(55)50(40)45(62)34-38-7-5-37(6-8-38)33-44(53(68)69)60-52(67)51-42(56)35-39(36-43(51)57)78-16-2-13-58-47(64)12-17-70-19-21-72-23-25-74-27-29-76-31-32-77-30-28-75-26-24-73-22-20-71-18-14-59-46(63)11-15-61-48(65)9-10-49(61)66/h1,3-10,35-36,44H,2,11-34H2,(H,58,64)(H,59,63)(H,60,67)(H,68,69)/t44-/m0/s1. The van der Waals surface area contributed by atoms with Gasteiger partial charge in [-0.15, -0.1) is 0 Å². The van der Waals surface area contributed by atoms with Gasteiger partial charge in [-0.2, -0.15) is 0 Å². The van der Waals surface area contributed by atoms with Crippen molar-refractivity contribution in [1.82, 2.24) is 20.9 Å². The number of aliphatic carboxylic acids is 1. The number of nitrogens with zero attached hydrogens (tertiary/aromatic N) is 1. The highest BCUT2D eigenvalue weighted by Crippen LogP contribution is 2.31. The van der Waals surface area contributed by atoms with E-state index in [0.717, 1.165) is 4.90 Å². The monoisotopic (exact) mass is 1170 g/mol. The number of carboxylic acids is 1. The average molecular weight is 1170 g/mol. The zero-order valence-corrected chi connectivity index (χ0v) is 46.1. The van der Waals surface area contributed by atoms with Gasteiger partial charge in [-0.3, -0.25) is 33.7 Å². The van der Waals surface area contributed by atoms with Crippen molar-refractivity contribution < 1.29 is 81.3 Å². The van der Waals surface area contributed by atoms with E-state index < -0.39 is 29.7 Å². The molecule has 0 radical (unpaired) electrons. The first-order valence-electron chi connectivity index (χ1n) is 25.1. The molecule has 0 saturated carbocycles. The lowest BCUT2D eigenvalue weighted by Gasteiger charge is -2.17. The summed E-state index contributed by atoms with van der Waals surface area (Å²) in [5.74, 6) is -3.36. The summed E-state index contributed by atoms with van der Waals surface area (Å²) in [5.41, 5.74) is 1.36. The Bertz CT molecular complexity index is 2350. The van der Waals surface area contributed by atoms with Crippen LogP contribution in [0.15, 0.2) is 66.7 Å². The van der Waals surface area contributed by atoms with Crippen LogP contribution in [-0.2, 0) is 74.7 Å². The molecule has 1 atom stereocenters. The van der Waals surface area contributed by atoms with E-state index in [9.17, 15) is 38.7 Å². The molecule has 0 bridgehead atoms. The lowest BCUT2D eigenvalue weighted by atomic mass is 9.99. The first kappa shape index (κ1) is 65.2. The van der Waals surface area contributed by atoms with E-state index in [1.165, 1.54) is 24.3 Å². The lowest BCUT2D eigenvalue weighted by Crippen LogP contribution is -2.42. The van der Waals surface area contributed by atoms with Crippen LogP contribution in [-0.4, -0.2) is 189 Å². The molecule has 3 aromatic rings. The molecule has 1 aliphatic heterocycles.